The Labute approximate surface area is 108 Å². The molecule has 0 bridgehead atoms. The van der Waals surface area contributed by atoms with Crippen LogP contribution in [0.4, 0.5) is 0 Å². The maximum Gasteiger partial charge on any atom is 0.134 e. The zero-order valence-electron chi connectivity index (χ0n) is 10.9. The lowest BCUT2D eigenvalue weighted by molar-refractivity contribution is 0.246. The molecule has 1 aromatic carbocycles. The fraction of sp³-hybridized carbons (Fsp3) is 0.375. The number of benzene rings is 1. The molecule has 2 heteroatoms. The van der Waals surface area contributed by atoms with Gasteiger partial charge in [-0.25, -0.2) is 0 Å². The van der Waals surface area contributed by atoms with Crippen molar-refractivity contribution in [1.29, 1.82) is 0 Å². The summed E-state index contributed by atoms with van der Waals surface area (Å²) >= 11 is 0. The summed E-state index contributed by atoms with van der Waals surface area (Å²) in [5.74, 6) is 1.17. The molecule has 2 heterocycles. The number of hydrogen-bond donors (Lipinski definition) is 0. The molecule has 94 valence electrons. The monoisotopic (exact) mass is 241 g/mol. The molecule has 3 rings (SSSR count). The van der Waals surface area contributed by atoms with Crippen LogP contribution in [0.25, 0.3) is 11.0 Å². The van der Waals surface area contributed by atoms with Crippen molar-refractivity contribution in [3.8, 4) is 0 Å². The summed E-state index contributed by atoms with van der Waals surface area (Å²) in [6.45, 7) is 4.95. The molecule has 0 aliphatic carbocycles. The molecule has 0 radical (unpaired) electrons. The molecule has 0 saturated heterocycles. The van der Waals surface area contributed by atoms with Crippen molar-refractivity contribution < 1.29 is 4.42 Å². The third kappa shape index (κ3) is 1.87. The van der Waals surface area contributed by atoms with Gasteiger partial charge in [-0.1, -0.05) is 24.3 Å². The predicted octanol–water partition coefficient (Wildman–Crippen LogP) is 3.41. The molecule has 1 aromatic heterocycles. The number of rotatable bonds is 2. The standard InChI is InChI=1S/C16H19NO/c1-3-6-12-11-16-14(9-10-17(12)2)13-7-4-5-8-15(13)18-16/h3-5,7-8,12H,1,6,9-11H2,2H3. The van der Waals surface area contributed by atoms with Gasteiger partial charge in [-0.05, 0) is 26.0 Å². The minimum Gasteiger partial charge on any atom is -0.461 e. The highest BCUT2D eigenvalue weighted by molar-refractivity contribution is 5.82. The summed E-state index contributed by atoms with van der Waals surface area (Å²) in [4.78, 5) is 2.42. The lowest BCUT2D eigenvalue weighted by Gasteiger charge is -2.24. The Bertz CT molecular complexity index is 569. The molecular formula is C16H19NO. The summed E-state index contributed by atoms with van der Waals surface area (Å²) in [6, 6.07) is 8.89. The van der Waals surface area contributed by atoms with Crippen molar-refractivity contribution >= 4 is 11.0 Å². The van der Waals surface area contributed by atoms with Gasteiger partial charge in [0.05, 0.1) is 0 Å². The van der Waals surface area contributed by atoms with Gasteiger partial charge in [0, 0.05) is 30.0 Å². The fourth-order valence-electron chi connectivity index (χ4n) is 2.88. The van der Waals surface area contributed by atoms with E-state index in [-0.39, 0.29) is 0 Å². The molecule has 1 aliphatic rings. The van der Waals surface area contributed by atoms with Gasteiger partial charge in [0.25, 0.3) is 0 Å². The molecule has 18 heavy (non-hydrogen) atoms. The van der Waals surface area contributed by atoms with Crippen LogP contribution in [-0.2, 0) is 12.8 Å². The molecule has 0 saturated carbocycles. The SMILES string of the molecule is C=CCC1Cc2oc3ccccc3c2CCN1C. The molecule has 0 fully saturated rings. The second-order valence-electron chi connectivity index (χ2n) is 5.11. The summed E-state index contributed by atoms with van der Waals surface area (Å²) in [5.41, 5.74) is 2.44. The van der Waals surface area contributed by atoms with Crippen molar-refractivity contribution in [3.05, 3.63) is 48.2 Å². The van der Waals surface area contributed by atoms with Crippen LogP contribution in [0.3, 0.4) is 0 Å². The maximum atomic E-state index is 6.03. The summed E-state index contributed by atoms with van der Waals surface area (Å²) < 4.78 is 6.03. The van der Waals surface area contributed by atoms with E-state index in [9.17, 15) is 0 Å². The second-order valence-corrected chi connectivity index (χ2v) is 5.11. The van der Waals surface area contributed by atoms with Crippen molar-refractivity contribution in [2.75, 3.05) is 13.6 Å². The topological polar surface area (TPSA) is 16.4 Å². The summed E-state index contributed by atoms with van der Waals surface area (Å²) in [6.07, 6.45) is 5.10. The van der Waals surface area contributed by atoms with Gasteiger partial charge in [0.15, 0.2) is 0 Å². The van der Waals surface area contributed by atoms with Crippen molar-refractivity contribution in [1.82, 2.24) is 4.90 Å². The highest BCUT2D eigenvalue weighted by Gasteiger charge is 2.24. The number of nitrogens with zero attached hydrogens (tertiary/aromatic N) is 1. The predicted molar refractivity (Wildman–Crippen MR) is 74.9 cm³/mol. The van der Waals surface area contributed by atoms with E-state index in [0.29, 0.717) is 6.04 Å². The Hall–Kier alpha value is -1.54. The molecule has 2 nitrogen and oxygen atoms in total. The van der Waals surface area contributed by atoms with Crippen LogP contribution >= 0.6 is 0 Å². The van der Waals surface area contributed by atoms with Crippen LogP contribution in [-0.4, -0.2) is 24.5 Å². The first kappa shape index (κ1) is 11.5. The molecule has 0 amide bonds. The highest BCUT2D eigenvalue weighted by atomic mass is 16.3. The number of furan rings is 1. The third-order valence-electron chi connectivity index (χ3n) is 3.98. The first-order valence-corrected chi connectivity index (χ1v) is 6.60. The molecule has 2 aromatic rings. The Kier molecular flexibility index (Phi) is 2.96. The number of fused-ring (bicyclic) bond motifs is 3. The normalized spacial score (nSPS) is 20.6. The van der Waals surface area contributed by atoms with Gasteiger partial charge >= 0.3 is 0 Å². The van der Waals surface area contributed by atoms with Crippen molar-refractivity contribution in [3.63, 3.8) is 0 Å². The average Bonchev–Trinajstić information content (AvgIpc) is 2.65. The summed E-state index contributed by atoms with van der Waals surface area (Å²) in [5, 5.41) is 1.29. The zero-order valence-corrected chi connectivity index (χ0v) is 10.9. The molecule has 1 unspecified atom stereocenters. The Morgan fingerprint density at radius 1 is 1.44 bits per heavy atom. The zero-order chi connectivity index (χ0) is 12.5. The molecule has 0 spiro atoms. The van der Waals surface area contributed by atoms with E-state index in [1.807, 2.05) is 12.1 Å². The van der Waals surface area contributed by atoms with E-state index in [2.05, 4.69) is 36.7 Å². The summed E-state index contributed by atoms with van der Waals surface area (Å²) in [7, 11) is 2.20. The maximum absolute atomic E-state index is 6.03. The Balaban J connectivity index is 2.03. The fourth-order valence-corrected chi connectivity index (χ4v) is 2.88. The van der Waals surface area contributed by atoms with E-state index >= 15 is 0 Å². The van der Waals surface area contributed by atoms with Crippen LogP contribution in [0, 0.1) is 0 Å². The van der Waals surface area contributed by atoms with Crippen molar-refractivity contribution in [2.24, 2.45) is 0 Å². The van der Waals surface area contributed by atoms with Crippen LogP contribution in [0.15, 0.2) is 41.3 Å². The minimum atomic E-state index is 0.518. The quantitative estimate of drug-likeness (QED) is 0.749. The molecule has 1 atom stereocenters. The van der Waals surface area contributed by atoms with Crippen LogP contribution in [0.1, 0.15) is 17.7 Å². The van der Waals surface area contributed by atoms with Gasteiger partial charge in [0.1, 0.15) is 11.3 Å². The lowest BCUT2D eigenvalue weighted by Crippen LogP contribution is -2.32. The van der Waals surface area contributed by atoms with E-state index in [1.54, 1.807) is 0 Å². The van der Waals surface area contributed by atoms with Gasteiger partial charge in [-0.2, -0.15) is 0 Å². The number of hydrogen-bond acceptors (Lipinski definition) is 2. The number of likely N-dealkylation sites (N-methyl/N-ethyl adjacent to an activating group) is 1. The third-order valence-corrected chi connectivity index (χ3v) is 3.98. The smallest absolute Gasteiger partial charge is 0.134 e. The molecule has 1 aliphatic heterocycles. The Morgan fingerprint density at radius 2 is 2.28 bits per heavy atom. The largest absolute Gasteiger partial charge is 0.461 e. The first-order valence-electron chi connectivity index (χ1n) is 6.60. The van der Waals surface area contributed by atoms with Crippen LogP contribution in [0.5, 0.6) is 0 Å². The van der Waals surface area contributed by atoms with Gasteiger partial charge in [-0.15, -0.1) is 6.58 Å². The van der Waals surface area contributed by atoms with Crippen LogP contribution in [0.2, 0.25) is 0 Å². The van der Waals surface area contributed by atoms with Gasteiger partial charge < -0.3 is 9.32 Å². The van der Waals surface area contributed by atoms with E-state index in [4.69, 9.17) is 4.42 Å². The first-order chi connectivity index (χ1) is 8.79. The molecule has 0 N–H and O–H groups in total. The van der Waals surface area contributed by atoms with Crippen LogP contribution < -0.4 is 0 Å². The van der Waals surface area contributed by atoms with E-state index < -0.39 is 0 Å². The number of para-hydroxylation sites is 1. The Morgan fingerprint density at radius 3 is 3.11 bits per heavy atom. The van der Waals surface area contributed by atoms with Crippen molar-refractivity contribution in [2.45, 2.75) is 25.3 Å². The highest BCUT2D eigenvalue weighted by Crippen LogP contribution is 2.30. The molecular weight excluding hydrogens is 222 g/mol. The van der Waals surface area contributed by atoms with E-state index in [0.717, 1.165) is 31.4 Å². The minimum absolute atomic E-state index is 0.518. The van der Waals surface area contributed by atoms with Gasteiger partial charge in [-0.3, -0.25) is 0 Å². The average molecular weight is 241 g/mol. The lowest BCUT2D eigenvalue weighted by atomic mass is 10.0. The van der Waals surface area contributed by atoms with E-state index in [1.165, 1.54) is 16.7 Å². The second kappa shape index (κ2) is 4.62. The van der Waals surface area contributed by atoms with Gasteiger partial charge in [0.2, 0.25) is 0 Å².